The zero-order valence-corrected chi connectivity index (χ0v) is 11.7. The standard InChI is InChI=1S/C12H19N3O3S/c1-13-12-11(5-2-7-14-12)19(16,17)15-8-6-10-4-3-9-18-10/h2,5,7,10,15H,3-4,6,8-9H2,1H3,(H,13,14). The highest BCUT2D eigenvalue weighted by atomic mass is 32.2. The normalized spacial score (nSPS) is 19.5. The van der Waals surface area contributed by atoms with Crippen LogP contribution in [0.2, 0.25) is 0 Å². The van der Waals surface area contributed by atoms with Crippen molar-refractivity contribution in [2.24, 2.45) is 0 Å². The van der Waals surface area contributed by atoms with E-state index in [2.05, 4.69) is 15.0 Å². The molecular formula is C12H19N3O3S. The van der Waals surface area contributed by atoms with Crippen LogP contribution in [0.5, 0.6) is 0 Å². The first-order chi connectivity index (χ1) is 9.13. The van der Waals surface area contributed by atoms with Crippen molar-refractivity contribution in [1.82, 2.24) is 9.71 Å². The van der Waals surface area contributed by atoms with E-state index in [9.17, 15) is 8.42 Å². The van der Waals surface area contributed by atoms with Crippen LogP contribution in [-0.2, 0) is 14.8 Å². The Morgan fingerprint density at radius 1 is 1.53 bits per heavy atom. The Labute approximate surface area is 113 Å². The molecule has 2 N–H and O–H groups in total. The minimum Gasteiger partial charge on any atom is -0.378 e. The molecule has 0 aliphatic carbocycles. The molecule has 0 radical (unpaired) electrons. The van der Waals surface area contributed by atoms with Gasteiger partial charge in [-0.2, -0.15) is 0 Å². The number of nitrogens with zero attached hydrogens (tertiary/aromatic N) is 1. The lowest BCUT2D eigenvalue weighted by molar-refractivity contribution is 0.105. The second-order valence-electron chi connectivity index (χ2n) is 4.42. The molecule has 2 rings (SSSR count). The van der Waals surface area contributed by atoms with Gasteiger partial charge in [-0.3, -0.25) is 0 Å². The highest BCUT2D eigenvalue weighted by molar-refractivity contribution is 7.89. The molecule has 1 fully saturated rings. The van der Waals surface area contributed by atoms with E-state index in [0.29, 0.717) is 18.8 Å². The second kappa shape index (κ2) is 6.31. The van der Waals surface area contributed by atoms with E-state index >= 15 is 0 Å². The van der Waals surface area contributed by atoms with Crippen LogP contribution < -0.4 is 10.0 Å². The van der Waals surface area contributed by atoms with E-state index in [1.54, 1.807) is 19.3 Å². The SMILES string of the molecule is CNc1ncccc1S(=O)(=O)NCCC1CCCO1. The van der Waals surface area contributed by atoms with E-state index in [0.717, 1.165) is 19.4 Å². The Balaban J connectivity index is 1.97. The largest absolute Gasteiger partial charge is 0.378 e. The van der Waals surface area contributed by atoms with Crippen molar-refractivity contribution in [3.05, 3.63) is 18.3 Å². The Morgan fingerprint density at radius 2 is 2.37 bits per heavy atom. The molecule has 2 heterocycles. The van der Waals surface area contributed by atoms with Crippen molar-refractivity contribution in [3.63, 3.8) is 0 Å². The predicted octanol–water partition coefficient (Wildman–Crippen LogP) is 0.971. The van der Waals surface area contributed by atoms with Gasteiger partial charge in [0, 0.05) is 26.4 Å². The molecular weight excluding hydrogens is 266 g/mol. The lowest BCUT2D eigenvalue weighted by Crippen LogP contribution is -2.28. The lowest BCUT2D eigenvalue weighted by Gasteiger charge is -2.12. The average Bonchev–Trinajstić information content (AvgIpc) is 2.91. The van der Waals surface area contributed by atoms with Gasteiger partial charge in [0.15, 0.2) is 0 Å². The number of ether oxygens (including phenoxy) is 1. The predicted molar refractivity (Wildman–Crippen MR) is 72.6 cm³/mol. The van der Waals surface area contributed by atoms with E-state index in [4.69, 9.17) is 4.74 Å². The molecule has 0 amide bonds. The Bertz CT molecular complexity index is 513. The van der Waals surface area contributed by atoms with Gasteiger partial charge in [-0.25, -0.2) is 18.1 Å². The lowest BCUT2D eigenvalue weighted by atomic mass is 10.2. The van der Waals surface area contributed by atoms with Gasteiger partial charge in [-0.15, -0.1) is 0 Å². The maximum Gasteiger partial charge on any atom is 0.244 e. The molecule has 0 aromatic carbocycles. The van der Waals surface area contributed by atoms with Gasteiger partial charge in [0.2, 0.25) is 10.0 Å². The molecule has 1 aromatic rings. The van der Waals surface area contributed by atoms with Crippen molar-refractivity contribution in [2.75, 3.05) is 25.5 Å². The first kappa shape index (κ1) is 14.2. The highest BCUT2D eigenvalue weighted by Crippen LogP contribution is 2.18. The van der Waals surface area contributed by atoms with Crippen molar-refractivity contribution in [1.29, 1.82) is 0 Å². The van der Waals surface area contributed by atoms with Crippen molar-refractivity contribution < 1.29 is 13.2 Å². The van der Waals surface area contributed by atoms with Crippen LogP contribution >= 0.6 is 0 Å². The molecule has 6 nitrogen and oxygen atoms in total. The molecule has 1 unspecified atom stereocenters. The summed E-state index contributed by atoms with van der Waals surface area (Å²) in [4.78, 5) is 4.17. The summed E-state index contributed by atoms with van der Waals surface area (Å²) in [6.07, 6.45) is 4.51. The monoisotopic (exact) mass is 285 g/mol. The number of anilines is 1. The highest BCUT2D eigenvalue weighted by Gasteiger charge is 2.20. The minimum absolute atomic E-state index is 0.171. The number of sulfonamides is 1. The first-order valence-corrected chi connectivity index (χ1v) is 7.86. The summed E-state index contributed by atoms with van der Waals surface area (Å²) in [5.74, 6) is 0.354. The summed E-state index contributed by atoms with van der Waals surface area (Å²) in [6.45, 7) is 1.16. The third-order valence-electron chi connectivity index (χ3n) is 3.08. The topological polar surface area (TPSA) is 80.3 Å². The maximum atomic E-state index is 12.2. The van der Waals surface area contributed by atoms with Gasteiger partial charge in [0.1, 0.15) is 10.7 Å². The molecule has 1 aliphatic rings. The van der Waals surface area contributed by atoms with Gasteiger partial charge in [-0.1, -0.05) is 0 Å². The molecule has 1 aromatic heterocycles. The summed E-state index contributed by atoms with van der Waals surface area (Å²) in [7, 11) is -1.88. The van der Waals surface area contributed by atoms with Crippen LogP contribution in [0.25, 0.3) is 0 Å². The molecule has 0 spiro atoms. The van der Waals surface area contributed by atoms with Gasteiger partial charge >= 0.3 is 0 Å². The third-order valence-corrected chi connectivity index (χ3v) is 4.57. The Hall–Kier alpha value is -1.18. The van der Waals surface area contributed by atoms with Crippen molar-refractivity contribution in [3.8, 4) is 0 Å². The quantitative estimate of drug-likeness (QED) is 0.814. The molecule has 1 saturated heterocycles. The summed E-state index contributed by atoms with van der Waals surface area (Å²) in [5, 5.41) is 2.78. The van der Waals surface area contributed by atoms with E-state index < -0.39 is 10.0 Å². The smallest absolute Gasteiger partial charge is 0.244 e. The second-order valence-corrected chi connectivity index (χ2v) is 6.16. The van der Waals surface area contributed by atoms with Crippen LogP contribution in [0.1, 0.15) is 19.3 Å². The number of aromatic nitrogens is 1. The van der Waals surface area contributed by atoms with Crippen LogP contribution in [0.4, 0.5) is 5.82 Å². The van der Waals surface area contributed by atoms with Gasteiger partial charge in [0.05, 0.1) is 6.10 Å². The van der Waals surface area contributed by atoms with Crippen LogP contribution in [0.3, 0.4) is 0 Å². The molecule has 106 valence electrons. The molecule has 19 heavy (non-hydrogen) atoms. The summed E-state index contributed by atoms with van der Waals surface area (Å²) in [6, 6.07) is 3.14. The molecule has 7 heteroatoms. The minimum atomic E-state index is -3.53. The van der Waals surface area contributed by atoms with Gasteiger partial charge in [-0.05, 0) is 31.4 Å². The number of rotatable bonds is 6. The fourth-order valence-electron chi connectivity index (χ4n) is 2.10. The molecule has 0 bridgehead atoms. The zero-order valence-electron chi connectivity index (χ0n) is 10.9. The fourth-order valence-corrected chi connectivity index (χ4v) is 3.31. The number of hydrogen-bond acceptors (Lipinski definition) is 5. The summed E-state index contributed by atoms with van der Waals surface area (Å²) in [5.41, 5.74) is 0. The summed E-state index contributed by atoms with van der Waals surface area (Å²) >= 11 is 0. The Morgan fingerprint density at radius 3 is 3.05 bits per heavy atom. The van der Waals surface area contributed by atoms with Gasteiger partial charge < -0.3 is 10.1 Å². The van der Waals surface area contributed by atoms with Crippen molar-refractivity contribution >= 4 is 15.8 Å². The van der Waals surface area contributed by atoms with Crippen LogP contribution in [-0.4, -0.2) is 39.7 Å². The number of hydrogen-bond donors (Lipinski definition) is 2. The number of nitrogens with one attached hydrogen (secondary N) is 2. The average molecular weight is 285 g/mol. The summed E-state index contributed by atoms with van der Waals surface area (Å²) < 4.78 is 32.4. The van der Waals surface area contributed by atoms with E-state index in [1.807, 2.05) is 0 Å². The molecule has 1 aliphatic heterocycles. The molecule has 1 atom stereocenters. The van der Waals surface area contributed by atoms with E-state index in [1.165, 1.54) is 6.07 Å². The maximum absolute atomic E-state index is 12.2. The van der Waals surface area contributed by atoms with Gasteiger partial charge in [0.25, 0.3) is 0 Å². The van der Waals surface area contributed by atoms with E-state index in [-0.39, 0.29) is 11.0 Å². The van der Waals surface area contributed by atoms with Crippen LogP contribution in [0, 0.1) is 0 Å². The Kier molecular flexibility index (Phi) is 4.73. The third kappa shape index (κ3) is 3.65. The zero-order chi connectivity index (χ0) is 13.7. The van der Waals surface area contributed by atoms with Crippen LogP contribution in [0.15, 0.2) is 23.2 Å². The molecule has 0 saturated carbocycles. The first-order valence-electron chi connectivity index (χ1n) is 6.37. The fraction of sp³-hybridized carbons (Fsp3) is 0.583. The van der Waals surface area contributed by atoms with Crippen molar-refractivity contribution in [2.45, 2.75) is 30.3 Å². The number of pyridine rings is 1.